The van der Waals surface area contributed by atoms with Crippen molar-refractivity contribution in [3.05, 3.63) is 76.6 Å². The van der Waals surface area contributed by atoms with Crippen molar-refractivity contribution in [2.45, 2.75) is 13.5 Å². The van der Waals surface area contributed by atoms with Crippen molar-refractivity contribution in [2.75, 3.05) is 5.32 Å². The maximum Gasteiger partial charge on any atom is 0.279 e. The van der Waals surface area contributed by atoms with Gasteiger partial charge in [0.05, 0.1) is 5.39 Å². The van der Waals surface area contributed by atoms with Gasteiger partial charge in [-0.25, -0.2) is 4.68 Å². The Balaban J connectivity index is 1.60. The van der Waals surface area contributed by atoms with Gasteiger partial charge in [0.15, 0.2) is 4.83 Å². The average Bonchev–Trinajstić information content (AvgIpc) is 3.10. The third-order valence-electron chi connectivity index (χ3n) is 4.07. The number of amides is 1. The number of aromatic nitrogens is 3. The maximum atomic E-state index is 12.7. The summed E-state index contributed by atoms with van der Waals surface area (Å²) in [6.45, 7) is 1.76. The topological polar surface area (TPSA) is 76.9 Å². The first-order valence-electron chi connectivity index (χ1n) is 8.39. The van der Waals surface area contributed by atoms with Crippen LogP contribution in [0.15, 0.2) is 65.5 Å². The first-order chi connectivity index (χ1) is 13.1. The fraction of sp³-hybridized carbons (Fsp3) is 0.100. The van der Waals surface area contributed by atoms with Gasteiger partial charge in [-0.2, -0.15) is 0 Å². The third-order valence-corrected chi connectivity index (χ3v) is 5.14. The Bertz CT molecular complexity index is 1180. The number of rotatable bonds is 4. The minimum Gasteiger partial charge on any atom is -0.324 e. The number of fused-ring (bicyclic) bond motifs is 1. The molecule has 1 N–H and O–H groups in total. The van der Waals surface area contributed by atoms with Crippen molar-refractivity contribution in [2.24, 2.45) is 0 Å². The van der Waals surface area contributed by atoms with Crippen LogP contribution in [0, 0.1) is 6.92 Å². The van der Waals surface area contributed by atoms with Crippen LogP contribution in [0.5, 0.6) is 0 Å². The van der Waals surface area contributed by atoms with Crippen LogP contribution in [0.3, 0.4) is 0 Å². The molecule has 7 heteroatoms. The second-order valence-corrected chi connectivity index (χ2v) is 7.20. The van der Waals surface area contributed by atoms with E-state index in [4.69, 9.17) is 0 Å². The summed E-state index contributed by atoms with van der Waals surface area (Å²) >= 11 is 1.41. The highest BCUT2D eigenvalue weighted by atomic mass is 32.1. The Morgan fingerprint density at radius 2 is 1.93 bits per heavy atom. The molecule has 27 heavy (non-hydrogen) atoms. The normalized spacial score (nSPS) is 10.9. The van der Waals surface area contributed by atoms with E-state index in [0.717, 1.165) is 20.7 Å². The lowest BCUT2D eigenvalue weighted by atomic mass is 10.2. The Morgan fingerprint density at radius 1 is 1.11 bits per heavy atom. The van der Waals surface area contributed by atoms with Crippen LogP contribution < -0.4 is 10.9 Å². The number of nitrogens with one attached hydrogen (secondary N) is 1. The van der Waals surface area contributed by atoms with Crippen molar-refractivity contribution in [1.29, 1.82) is 0 Å². The van der Waals surface area contributed by atoms with Gasteiger partial charge in [-0.05, 0) is 36.2 Å². The summed E-state index contributed by atoms with van der Waals surface area (Å²) in [6, 6.07) is 19.1. The molecule has 0 saturated heterocycles. The highest BCUT2D eigenvalue weighted by Gasteiger charge is 2.13. The Labute approximate surface area is 159 Å². The number of benzene rings is 2. The molecule has 1 amide bonds. The average molecular weight is 376 g/mol. The fourth-order valence-corrected chi connectivity index (χ4v) is 3.76. The minimum atomic E-state index is -0.324. The largest absolute Gasteiger partial charge is 0.324 e. The summed E-state index contributed by atoms with van der Waals surface area (Å²) in [4.78, 5) is 26.5. The lowest BCUT2D eigenvalue weighted by Crippen LogP contribution is -2.30. The first-order valence-corrected chi connectivity index (χ1v) is 9.21. The number of carbonyl (C=O) groups excluding carboxylic acids is 1. The van der Waals surface area contributed by atoms with Gasteiger partial charge in [-0.3, -0.25) is 9.59 Å². The predicted molar refractivity (Wildman–Crippen MR) is 107 cm³/mol. The van der Waals surface area contributed by atoms with E-state index in [0.29, 0.717) is 15.9 Å². The molecule has 0 aliphatic heterocycles. The van der Waals surface area contributed by atoms with Crippen LogP contribution in [-0.4, -0.2) is 20.9 Å². The molecule has 0 atom stereocenters. The van der Waals surface area contributed by atoms with Crippen molar-refractivity contribution in [3.63, 3.8) is 0 Å². The molecule has 4 rings (SSSR count). The molecule has 2 aromatic carbocycles. The van der Waals surface area contributed by atoms with Crippen LogP contribution in [0.1, 0.15) is 5.56 Å². The number of anilines is 1. The van der Waals surface area contributed by atoms with Gasteiger partial charge in [-0.1, -0.05) is 47.7 Å². The van der Waals surface area contributed by atoms with Crippen molar-refractivity contribution in [3.8, 4) is 10.4 Å². The van der Waals surface area contributed by atoms with Gasteiger partial charge in [0, 0.05) is 10.6 Å². The SMILES string of the molecule is Cc1cccc(NC(=O)Cn2nnc3sc(-c4ccccc4)cc3c2=O)c1. The Hall–Kier alpha value is -3.32. The van der Waals surface area contributed by atoms with E-state index in [1.54, 1.807) is 12.1 Å². The van der Waals surface area contributed by atoms with Crippen LogP contribution in [-0.2, 0) is 11.3 Å². The zero-order valence-corrected chi connectivity index (χ0v) is 15.4. The van der Waals surface area contributed by atoms with E-state index in [1.165, 1.54) is 11.3 Å². The van der Waals surface area contributed by atoms with Gasteiger partial charge in [0.25, 0.3) is 5.56 Å². The summed E-state index contributed by atoms with van der Waals surface area (Å²) in [6.07, 6.45) is 0. The molecule has 0 fully saturated rings. The molecule has 0 aliphatic carbocycles. The zero-order chi connectivity index (χ0) is 18.8. The number of nitrogens with zero attached hydrogens (tertiary/aromatic N) is 3. The van der Waals surface area contributed by atoms with E-state index in [-0.39, 0.29) is 18.0 Å². The second kappa shape index (κ2) is 7.13. The first kappa shape index (κ1) is 17.1. The molecule has 0 spiro atoms. The van der Waals surface area contributed by atoms with Gasteiger partial charge >= 0.3 is 0 Å². The molecule has 0 radical (unpaired) electrons. The van der Waals surface area contributed by atoms with E-state index in [1.807, 2.05) is 55.5 Å². The van der Waals surface area contributed by atoms with E-state index in [9.17, 15) is 9.59 Å². The maximum absolute atomic E-state index is 12.7. The zero-order valence-electron chi connectivity index (χ0n) is 14.5. The van der Waals surface area contributed by atoms with Crippen LogP contribution in [0.2, 0.25) is 0 Å². The Kier molecular flexibility index (Phi) is 4.52. The summed E-state index contributed by atoms with van der Waals surface area (Å²) < 4.78 is 1.09. The number of carbonyl (C=O) groups is 1. The molecule has 0 aliphatic rings. The van der Waals surface area contributed by atoms with Gasteiger partial charge < -0.3 is 5.32 Å². The monoisotopic (exact) mass is 376 g/mol. The van der Waals surface area contributed by atoms with Crippen molar-refractivity contribution >= 4 is 33.1 Å². The predicted octanol–water partition coefficient (Wildman–Crippen LogP) is 3.47. The van der Waals surface area contributed by atoms with Crippen LogP contribution in [0.25, 0.3) is 20.7 Å². The number of aryl methyl sites for hydroxylation is 1. The summed E-state index contributed by atoms with van der Waals surface area (Å²) in [7, 11) is 0. The number of hydrogen-bond donors (Lipinski definition) is 1. The molecule has 4 aromatic rings. The summed E-state index contributed by atoms with van der Waals surface area (Å²) in [5.74, 6) is -0.324. The standard InChI is InChI=1S/C20H16N4O2S/c1-13-6-5-9-15(10-13)21-18(25)12-24-20(26)16-11-17(27-19(16)22-23-24)14-7-3-2-4-8-14/h2-11H,12H2,1H3,(H,21,25). The summed E-state index contributed by atoms with van der Waals surface area (Å²) in [5, 5.41) is 11.3. The molecule has 134 valence electrons. The van der Waals surface area contributed by atoms with E-state index < -0.39 is 0 Å². The van der Waals surface area contributed by atoms with E-state index in [2.05, 4.69) is 15.6 Å². The van der Waals surface area contributed by atoms with Crippen molar-refractivity contribution < 1.29 is 4.79 Å². The highest BCUT2D eigenvalue weighted by molar-refractivity contribution is 7.21. The van der Waals surface area contributed by atoms with Crippen LogP contribution >= 0.6 is 11.3 Å². The molecule has 2 heterocycles. The molecule has 0 saturated carbocycles. The van der Waals surface area contributed by atoms with E-state index >= 15 is 0 Å². The lowest BCUT2D eigenvalue weighted by Gasteiger charge is -2.06. The molecular weight excluding hydrogens is 360 g/mol. The number of thiophene rings is 1. The minimum absolute atomic E-state index is 0.188. The second-order valence-electron chi connectivity index (χ2n) is 6.17. The van der Waals surface area contributed by atoms with Gasteiger partial charge in [0.1, 0.15) is 6.54 Å². The Morgan fingerprint density at radius 3 is 2.70 bits per heavy atom. The highest BCUT2D eigenvalue weighted by Crippen LogP contribution is 2.30. The van der Waals surface area contributed by atoms with Gasteiger partial charge in [-0.15, -0.1) is 16.4 Å². The molecule has 2 aromatic heterocycles. The smallest absolute Gasteiger partial charge is 0.279 e. The summed E-state index contributed by atoms with van der Waals surface area (Å²) in [5.41, 5.74) is 2.42. The molecular formula is C20H16N4O2S. The molecule has 0 unspecified atom stereocenters. The quantitative estimate of drug-likeness (QED) is 0.592. The van der Waals surface area contributed by atoms with Gasteiger partial charge in [0.2, 0.25) is 5.91 Å². The molecule has 0 bridgehead atoms. The molecule has 6 nitrogen and oxygen atoms in total. The number of hydrogen-bond acceptors (Lipinski definition) is 5. The van der Waals surface area contributed by atoms with Crippen molar-refractivity contribution in [1.82, 2.24) is 15.0 Å². The van der Waals surface area contributed by atoms with Crippen LogP contribution in [0.4, 0.5) is 5.69 Å². The lowest BCUT2D eigenvalue weighted by molar-refractivity contribution is -0.117. The fourth-order valence-electron chi connectivity index (χ4n) is 2.79. The third kappa shape index (κ3) is 3.63.